The molecule has 2 unspecified atom stereocenters. The first kappa shape index (κ1) is 15.2. The molecule has 120 valence electrons. The Morgan fingerprint density at radius 2 is 2.23 bits per heavy atom. The molecule has 3 rings (SSSR count). The highest BCUT2D eigenvalue weighted by Gasteiger charge is 2.35. The first-order valence-electron chi connectivity index (χ1n) is 7.91. The molecule has 22 heavy (non-hydrogen) atoms. The van der Waals surface area contributed by atoms with E-state index in [1.165, 1.54) is 0 Å². The molecule has 2 atom stereocenters. The Hall–Kier alpha value is -1.75. The van der Waals surface area contributed by atoms with Gasteiger partial charge >= 0.3 is 0 Å². The molecular weight excluding hydrogens is 280 g/mol. The van der Waals surface area contributed by atoms with Crippen molar-refractivity contribution in [2.75, 3.05) is 18.9 Å². The maximum atomic E-state index is 12.5. The molecule has 1 fully saturated rings. The van der Waals surface area contributed by atoms with Crippen LogP contribution in [0.2, 0.25) is 0 Å². The fourth-order valence-corrected chi connectivity index (χ4v) is 3.24. The van der Waals surface area contributed by atoms with E-state index in [9.17, 15) is 4.79 Å². The molecule has 0 spiro atoms. The monoisotopic (exact) mass is 304 g/mol. The summed E-state index contributed by atoms with van der Waals surface area (Å²) in [5.74, 6) is 0.815. The normalized spacial score (nSPS) is 26.6. The zero-order valence-electron chi connectivity index (χ0n) is 13.2. The second-order valence-corrected chi connectivity index (χ2v) is 6.84. The van der Waals surface area contributed by atoms with Crippen LogP contribution in [-0.2, 0) is 9.53 Å². The van der Waals surface area contributed by atoms with Crippen LogP contribution in [0.15, 0.2) is 18.2 Å². The minimum atomic E-state index is -0.315. The lowest BCUT2D eigenvalue weighted by molar-refractivity contribution is -0.130. The average Bonchev–Trinajstić information content (AvgIpc) is 2.48. The van der Waals surface area contributed by atoms with E-state index >= 15 is 0 Å². The summed E-state index contributed by atoms with van der Waals surface area (Å²) < 4.78 is 11.4. The third kappa shape index (κ3) is 3.19. The summed E-state index contributed by atoms with van der Waals surface area (Å²) in [5, 5.41) is 3.17. The molecule has 0 radical (unpaired) electrons. The van der Waals surface area contributed by atoms with Gasteiger partial charge in [-0.25, -0.2) is 0 Å². The number of ether oxygens (including phenoxy) is 2. The van der Waals surface area contributed by atoms with E-state index in [2.05, 4.69) is 5.32 Å². The van der Waals surface area contributed by atoms with Gasteiger partial charge in [0, 0.05) is 24.3 Å². The number of amides is 1. The number of nitrogen functional groups attached to an aromatic ring is 1. The molecule has 2 heterocycles. The lowest BCUT2D eigenvalue weighted by Crippen LogP contribution is -2.44. The van der Waals surface area contributed by atoms with E-state index in [0.29, 0.717) is 12.3 Å². The van der Waals surface area contributed by atoms with Crippen molar-refractivity contribution >= 4 is 11.6 Å². The summed E-state index contributed by atoms with van der Waals surface area (Å²) in [7, 11) is 0. The number of rotatable bonds is 2. The number of carbonyl (C=O) groups excluding carboxylic acids is 1. The Labute approximate surface area is 131 Å². The number of hydrogen-bond acceptors (Lipinski definition) is 4. The highest BCUT2D eigenvalue weighted by Crippen LogP contribution is 2.40. The van der Waals surface area contributed by atoms with Crippen molar-refractivity contribution in [1.82, 2.24) is 5.32 Å². The van der Waals surface area contributed by atoms with Crippen LogP contribution in [0.25, 0.3) is 0 Å². The van der Waals surface area contributed by atoms with Crippen LogP contribution < -0.4 is 15.8 Å². The molecule has 3 N–H and O–H groups in total. The maximum absolute atomic E-state index is 12.5. The molecule has 0 aromatic heterocycles. The fourth-order valence-electron chi connectivity index (χ4n) is 3.24. The smallest absolute Gasteiger partial charge is 0.225 e. The van der Waals surface area contributed by atoms with Gasteiger partial charge in [0.1, 0.15) is 11.4 Å². The number of carbonyl (C=O) groups is 1. The summed E-state index contributed by atoms with van der Waals surface area (Å²) in [4.78, 5) is 12.5. The summed E-state index contributed by atoms with van der Waals surface area (Å²) in [6.07, 6.45) is 2.56. The van der Waals surface area contributed by atoms with Crippen LogP contribution in [-0.4, -0.2) is 24.7 Å². The van der Waals surface area contributed by atoms with Crippen molar-refractivity contribution in [3.63, 3.8) is 0 Å². The molecular formula is C17H24N2O3. The zero-order valence-corrected chi connectivity index (χ0v) is 13.2. The SMILES string of the molecule is CC1(C)CC(NC(=O)C2CCCOC2)c2cc(N)ccc2O1. The minimum Gasteiger partial charge on any atom is -0.487 e. The molecule has 0 bridgehead atoms. The molecule has 1 amide bonds. The van der Waals surface area contributed by atoms with Crippen LogP contribution in [0.5, 0.6) is 5.75 Å². The number of nitrogens with one attached hydrogen (secondary N) is 1. The van der Waals surface area contributed by atoms with Crippen molar-refractivity contribution in [2.45, 2.75) is 44.8 Å². The topological polar surface area (TPSA) is 73.6 Å². The quantitative estimate of drug-likeness (QED) is 0.823. The van der Waals surface area contributed by atoms with Gasteiger partial charge in [-0.05, 0) is 44.9 Å². The van der Waals surface area contributed by atoms with Crippen LogP contribution in [0.4, 0.5) is 5.69 Å². The number of hydrogen-bond donors (Lipinski definition) is 2. The summed E-state index contributed by atoms with van der Waals surface area (Å²) in [5.41, 5.74) is 7.23. The number of benzene rings is 1. The molecule has 0 saturated carbocycles. The lowest BCUT2D eigenvalue weighted by Gasteiger charge is -2.38. The van der Waals surface area contributed by atoms with E-state index in [4.69, 9.17) is 15.2 Å². The predicted octanol–water partition coefficient (Wildman–Crippen LogP) is 2.41. The highest BCUT2D eigenvalue weighted by atomic mass is 16.5. The molecule has 2 aliphatic heterocycles. The molecule has 1 aromatic carbocycles. The van der Waals surface area contributed by atoms with Gasteiger partial charge in [0.25, 0.3) is 0 Å². The second kappa shape index (κ2) is 5.80. The van der Waals surface area contributed by atoms with Crippen LogP contribution in [0.1, 0.15) is 44.7 Å². The number of anilines is 1. The van der Waals surface area contributed by atoms with E-state index in [1.807, 2.05) is 32.0 Å². The molecule has 2 aliphatic rings. The summed E-state index contributed by atoms with van der Waals surface area (Å²) in [6.45, 7) is 5.35. The maximum Gasteiger partial charge on any atom is 0.225 e. The van der Waals surface area contributed by atoms with Gasteiger partial charge in [0.2, 0.25) is 5.91 Å². The van der Waals surface area contributed by atoms with Crippen molar-refractivity contribution in [3.8, 4) is 5.75 Å². The van der Waals surface area contributed by atoms with Gasteiger partial charge in [0.15, 0.2) is 0 Å². The van der Waals surface area contributed by atoms with Gasteiger partial charge in [-0.3, -0.25) is 4.79 Å². The standard InChI is InChI=1S/C17H24N2O3/c1-17(2)9-14(13-8-12(18)5-6-15(13)22-17)19-16(20)11-4-3-7-21-10-11/h5-6,8,11,14H,3-4,7,9-10,18H2,1-2H3,(H,19,20). The Kier molecular flexibility index (Phi) is 4.00. The Bertz CT molecular complexity index is 565. The lowest BCUT2D eigenvalue weighted by atomic mass is 9.88. The van der Waals surface area contributed by atoms with Crippen molar-refractivity contribution in [1.29, 1.82) is 0 Å². The van der Waals surface area contributed by atoms with E-state index in [-0.39, 0.29) is 23.5 Å². The van der Waals surface area contributed by atoms with Crippen molar-refractivity contribution in [3.05, 3.63) is 23.8 Å². The van der Waals surface area contributed by atoms with Gasteiger partial charge in [-0.2, -0.15) is 0 Å². The molecule has 1 aromatic rings. The Morgan fingerprint density at radius 3 is 2.95 bits per heavy atom. The van der Waals surface area contributed by atoms with Crippen LogP contribution in [0.3, 0.4) is 0 Å². The minimum absolute atomic E-state index is 0.0517. The Balaban J connectivity index is 1.80. The van der Waals surface area contributed by atoms with Gasteiger partial charge in [-0.15, -0.1) is 0 Å². The van der Waals surface area contributed by atoms with E-state index in [1.54, 1.807) is 0 Å². The number of fused-ring (bicyclic) bond motifs is 1. The average molecular weight is 304 g/mol. The van der Waals surface area contributed by atoms with Gasteiger partial charge < -0.3 is 20.5 Å². The fraction of sp³-hybridized carbons (Fsp3) is 0.588. The summed E-state index contributed by atoms with van der Waals surface area (Å²) >= 11 is 0. The van der Waals surface area contributed by atoms with Gasteiger partial charge in [-0.1, -0.05) is 0 Å². The molecule has 5 heteroatoms. The van der Waals surface area contributed by atoms with Gasteiger partial charge in [0.05, 0.1) is 18.6 Å². The molecule has 5 nitrogen and oxygen atoms in total. The van der Waals surface area contributed by atoms with Crippen LogP contribution >= 0.6 is 0 Å². The van der Waals surface area contributed by atoms with Crippen molar-refractivity contribution < 1.29 is 14.3 Å². The number of nitrogens with two attached hydrogens (primary N) is 1. The Morgan fingerprint density at radius 1 is 1.41 bits per heavy atom. The largest absolute Gasteiger partial charge is 0.487 e. The van der Waals surface area contributed by atoms with Crippen LogP contribution in [0, 0.1) is 5.92 Å². The molecule has 1 saturated heterocycles. The summed E-state index contributed by atoms with van der Waals surface area (Å²) in [6, 6.07) is 5.53. The van der Waals surface area contributed by atoms with E-state index < -0.39 is 0 Å². The first-order valence-corrected chi connectivity index (χ1v) is 7.91. The molecule has 0 aliphatic carbocycles. The van der Waals surface area contributed by atoms with Crippen molar-refractivity contribution in [2.24, 2.45) is 5.92 Å². The highest BCUT2D eigenvalue weighted by molar-refractivity contribution is 5.79. The predicted molar refractivity (Wildman–Crippen MR) is 84.6 cm³/mol. The first-order chi connectivity index (χ1) is 10.4. The van der Waals surface area contributed by atoms with E-state index in [0.717, 1.165) is 37.2 Å². The second-order valence-electron chi connectivity index (χ2n) is 6.84. The zero-order chi connectivity index (χ0) is 15.7. The third-order valence-corrected chi connectivity index (χ3v) is 4.34. The third-order valence-electron chi connectivity index (χ3n) is 4.34.